The minimum atomic E-state index is -0.315. The molecule has 0 unspecified atom stereocenters. The molecule has 1 fully saturated rings. The van der Waals surface area contributed by atoms with Crippen LogP contribution in [0.15, 0.2) is 65.7 Å². The van der Waals surface area contributed by atoms with E-state index in [1.807, 2.05) is 24.5 Å². The second-order valence-electron chi connectivity index (χ2n) is 7.60. The Kier molecular flexibility index (Phi) is 6.82. The first-order valence-corrected chi connectivity index (χ1v) is 11.6. The lowest BCUT2D eigenvalue weighted by atomic mass is 9.97. The summed E-state index contributed by atoms with van der Waals surface area (Å²) in [6.07, 6.45) is 5.50. The van der Waals surface area contributed by atoms with Crippen molar-refractivity contribution in [2.45, 2.75) is 24.3 Å². The Hall–Kier alpha value is -2.93. The summed E-state index contributed by atoms with van der Waals surface area (Å²) in [4.78, 5) is 25.0. The minimum absolute atomic E-state index is 0.0676. The van der Waals surface area contributed by atoms with Gasteiger partial charge in [0.15, 0.2) is 5.82 Å². The molecule has 0 aliphatic carbocycles. The summed E-state index contributed by atoms with van der Waals surface area (Å²) in [5.74, 6) is 0.908. The van der Waals surface area contributed by atoms with Gasteiger partial charge in [0.05, 0.1) is 5.92 Å². The highest BCUT2D eigenvalue weighted by Crippen LogP contribution is 2.24. The van der Waals surface area contributed by atoms with E-state index in [0.29, 0.717) is 24.5 Å². The molecule has 0 bridgehead atoms. The summed E-state index contributed by atoms with van der Waals surface area (Å²) < 4.78 is 13.6. The molecule has 1 amide bonds. The number of nitrogens with one attached hydrogen (secondary N) is 1. The number of amides is 1. The van der Waals surface area contributed by atoms with Crippen LogP contribution in [0.25, 0.3) is 11.4 Å². The van der Waals surface area contributed by atoms with E-state index < -0.39 is 0 Å². The summed E-state index contributed by atoms with van der Waals surface area (Å²) in [6, 6.07) is 16.4. The zero-order valence-corrected chi connectivity index (χ0v) is 18.2. The molecule has 3 aromatic rings. The quantitative estimate of drug-likeness (QED) is 0.575. The Morgan fingerprint density at radius 1 is 1.23 bits per heavy atom. The Morgan fingerprint density at radius 3 is 2.84 bits per heavy atom. The summed E-state index contributed by atoms with van der Waals surface area (Å²) in [7, 11) is 0. The topological polar surface area (TPSA) is 58.1 Å². The number of carbonyl (C=O) groups is 1. The predicted molar refractivity (Wildman–Crippen MR) is 122 cm³/mol. The Labute approximate surface area is 186 Å². The summed E-state index contributed by atoms with van der Waals surface area (Å²) in [6.45, 7) is 1.97. The standard InChI is InChI=1S/C24H25FN4OS/c1-31-21-9-7-17(8-10-21)15-27-24(30)19-5-3-13-29(16-19)22-11-12-26-23(28-22)18-4-2-6-20(25)14-18/h2,4,6-12,14,19H,3,5,13,15-16H2,1H3,(H,27,30)/t19-/m1/s1. The van der Waals surface area contributed by atoms with E-state index in [2.05, 4.69) is 32.3 Å². The molecule has 31 heavy (non-hydrogen) atoms. The maximum Gasteiger partial charge on any atom is 0.225 e. The molecule has 0 saturated carbocycles. The number of hydrogen-bond donors (Lipinski definition) is 1. The number of rotatable bonds is 6. The summed E-state index contributed by atoms with van der Waals surface area (Å²) >= 11 is 1.70. The Morgan fingerprint density at radius 2 is 2.06 bits per heavy atom. The molecule has 5 nitrogen and oxygen atoms in total. The summed E-state index contributed by atoms with van der Waals surface area (Å²) in [5, 5.41) is 3.07. The molecule has 2 heterocycles. The molecule has 1 aliphatic rings. The lowest BCUT2D eigenvalue weighted by Crippen LogP contribution is -2.43. The van der Waals surface area contributed by atoms with Crippen molar-refractivity contribution in [3.05, 3.63) is 72.2 Å². The number of halogens is 1. The normalized spacial score (nSPS) is 16.2. The van der Waals surface area contributed by atoms with Gasteiger partial charge in [0.1, 0.15) is 11.6 Å². The predicted octanol–water partition coefficient (Wildman–Crippen LogP) is 4.54. The van der Waals surface area contributed by atoms with Gasteiger partial charge in [-0.15, -0.1) is 11.8 Å². The molecule has 1 atom stereocenters. The average molecular weight is 437 g/mol. The largest absolute Gasteiger partial charge is 0.356 e. The number of carbonyl (C=O) groups excluding carboxylic acids is 1. The number of benzene rings is 2. The van der Waals surface area contributed by atoms with Gasteiger partial charge in [-0.2, -0.15) is 0 Å². The third kappa shape index (κ3) is 5.41. The molecule has 7 heteroatoms. The highest BCUT2D eigenvalue weighted by Gasteiger charge is 2.26. The van der Waals surface area contributed by atoms with Crippen molar-refractivity contribution in [3.63, 3.8) is 0 Å². The van der Waals surface area contributed by atoms with Crippen LogP contribution in [0.2, 0.25) is 0 Å². The Balaban J connectivity index is 1.40. The van der Waals surface area contributed by atoms with E-state index in [9.17, 15) is 9.18 Å². The highest BCUT2D eigenvalue weighted by atomic mass is 32.2. The van der Waals surface area contributed by atoms with E-state index in [0.717, 1.165) is 30.8 Å². The van der Waals surface area contributed by atoms with Gasteiger partial charge in [0.25, 0.3) is 0 Å². The first kappa shape index (κ1) is 21.3. The van der Waals surface area contributed by atoms with Crippen LogP contribution in [0.1, 0.15) is 18.4 Å². The maximum atomic E-state index is 13.6. The zero-order chi connectivity index (χ0) is 21.6. The molecule has 0 spiro atoms. The van der Waals surface area contributed by atoms with Crippen LogP contribution in [0, 0.1) is 11.7 Å². The number of anilines is 1. The van der Waals surface area contributed by atoms with Gasteiger partial charge >= 0.3 is 0 Å². The van der Waals surface area contributed by atoms with Crippen molar-refractivity contribution >= 4 is 23.5 Å². The number of piperidine rings is 1. The van der Waals surface area contributed by atoms with Gasteiger partial charge in [-0.25, -0.2) is 14.4 Å². The van der Waals surface area contributed by atoms with Gasteiger partial charge in [-0.1, -0.05) is 24.3 Å². The molecule has 2 aromatic carbocycles. The third-order valence-corrected chi connectivity index (χ3v) is 6.21. The molecule has 0 radical (unpaired) electrons. The number of nitrogens with zero attached hydrogens (tertiary/aromatic N) is 3. The number of aromatic nitrogens is 2. The van der Waals surface area contributed by atoms with Crippen LogP contribution in [-0.2, 0) is 11.3 Å². The lowest BCUT2D eigenvalue weighted by molar-refractivity contribution is -0.125. The van der Waals surface area contributed by atoms with Crippen LogP contribution in [-0.4, -0.2) is 35.2 Å². The van der Waals surface area contributed by atoms with Crippen LogP contribution in [0.3, 0.4) is 0 Å². The van der Waals surface area contributed by atoms with Crippen LogP contribution in [0.5, 0.6) is 0 Å². The fraction of sp³-hybridized carbons (Fsp3) is 0.292. The van der Waals surface area contributed by atoms with Gasteiger partial charge in [-0.05, 0) is 55.0 Å². The van der Waals surface area contributed by atoms with Crippen molar-refractivity contribution < 1.29 is 9.18 Å². The minimum Gasteiger partial charge on any atom is -0.356 e. The number of thioether (sulfide) groups is 1. The highest BCUT2D eigenvalue weighted by molar-refractivity contribution is 7.98. The van der Waals surface area contributed by atoms with Gasteiger partial charge < -0.3 is 10.2 Å². The van der Waals surface area contributed by atoms with Crippen LogP contribution in [0.4, 0.5) is 10.2 Å². The van der Waals surface area contributed by atoms with Crippen LogP contribution < -0.4 is 10.2 Å². The van der Waals surface area contributed by atoms with Crippen molar-refractivity contribution in [1.29, 1.82) is 0 Å². The average Bonchev–Trinajstić information content (AvgIpc) is 2.83. The smallest absolute Gasteiger partial charge is 0.225 e. The van der Waals surface area contributed by atoms with Crippen molar-refractivity contribution in [3.8, 4) is 11.4 Å². The van der Waals surface area contributed by atoms with Crippen molar-refractivity contribution in [1.82, 2.24) is 15.3 Å². The van der Waals surface area contributed by atoms with E-state index in [4.69, 9.17) is 0 Å². The SMILES string of the molecule is CSc1ccc(CNC(=O)[C@@H]2CCCN(c3ccnc(-c4cccc(F)c4)n3)C2)cc1. The summed E-state index contributed by atoms with van der Waals surface area (Å²) in [5.41, 5.74) is 1.73. The van der Waals surface area contributed by atoms with E-state index in [-0.39, 0.29) is 17.6 Å². The molecule has 1 N–H and O–H groups in total. The maximum absolute atomic E-state index is 13.6. The van der Waals surface area contributed by atoms with Crippen LogP contribution >= 0.6 is 11.8 Å². The van der Waals surface area contributed by atoms with Gasteiger partial charge in [0.2, 0.25) is 5.91 Å². The second-order valence-corrected chi connectivity index (χ2v) is 8.48. The van der Waals surface area contributed by atoms with Crippen molar-refractivity contribution in [2.24, 2.45) is 5.92 Å². The molecule has 4 rings (SSSR count). The van der Waals surface area contributed by atoms with E-state index >= 15 is 0 Å². The molecule has 1 aromatic heterocycles. The fourth-order valence-corrected chi connectivity index (χ4v) is 4.18. The molecule has 1 aliphatic heterocycles. The van der Waals surface area contributed by atoms with E-state index in [1.54, 1.807) is 30.1 Å². The molecular formula is C24H25FN4OS. The Bertz CT molecular complexity index is 1040. The van der Waals surface area contributed by atoms with E-state index in [1.165, 1.54) is 17.0 Å². The lowest BCUT2D eigenvalue weighted by Gasteiger charge is -2.33. The first-order valence-electron chi connectivity index (χ1n) is 10.4. The van der Waals surface area contributed by atoms with Gasteiger partial charge in [0, 0.05) is 36.3 Å². The number of hydrogen-bond acceptors (Lipinski definition) is 5. The molecule has 1 saturated heterocycles. The van der Waals surface area contributed by atoms with Crippen molar-refractivity contribution in [2.75, 3.05) is 24.2 Å². The zero-order valence-electron chi connectivity index (χ0n) is 17.4. The molecule has 160 valence electrons. The second kappa shape index (κ2) is 9.92. The fourth-order valence-electron chi connectivity index (χ4n) is 3.77. The van der Waals surface area contributed by atoms with Gasteiger partial charge in [-0.3, -0.25) is 4.79 Å². The third-order valence-electron chi connectivity index (χ3n) is 5.47. The molecular weight excluding hydrogens is 411 g/mol. The first-order chi connectivity index (χ1) is 15.1. The monoisotopic (exact) mass is 436 g/mol.